The molecule has 26 heteroatoms. The van der Waals surface area contributed by atoms with Crippen molar-refractivity contribution in [1.82, 2.24) is 15.0 Å². The SMILES string of the molecule is CC(C)(C)[Si]12O[Si]3(CCCn4cc(CCCCN=[N+]=[N-])nn4)O[Si]4(C(C)(C)C)O[Si](C(C)(C)C)(O1)O[Si]1(C(C)(C)C)O[Si](C(C)(C)C)(O2)O[Si](C(C)(C)C)(O3)O[Si](C(C)(C)C)(O4)O1. The van der Waals surface area contributed by atoms with Gasteiger partial charge >= 0.3 is 70.4 Å². The van der Waals surface area contributed by atoms with Gasteiger partial charge < -0.3 is 49.4 Å². The molecule has 0 saturated carbocycles. The van der Waals surface area contributed by atoms with Crippen LogP contribution < -0.4 is 0 Å². The fourth-order valence-corrected chi connectivity index (χ4v) is 65.8. The van der Waals surface area contributed by atoms with Crippen molar-refractivity contribution >= 4 is 70.4 Å². The van der Waals surface area contributed by atoms with Crippen LogP contribution in [0.5, 0.6) is 0 Å². The highest BCUT2D eigenvalue weighted by molar-refractivity contribution is 7.05. The molecule has 1 aromatic heterocycles. The molecule has 18 nitrogen and oxygen atoms in total. The fourth-order valence-electron chi connectivity index (χ4n) is 7.63. The zero-order valence-electron chi connectivity index (χ0n) is 42.1. The number of unbranched alkanes of at least 4 members (excludes halogenated alkanes) is 1. The molecule has 6 aliphatic heterocycles. The summed E-state index contributed by atoms with van der Waals surface area (Å²) in [4.78, 5) is 2.86. The first kappa shape index (κ1) is 52.1. The molecule has 7 heterocycles. The van der Waals surface area contributed by atoms with Crippen LogP contribution in [-0.4, -0.2) is 92.0 Å². The highest BCUT2D eigenvalue weighted by Gasteiger charge is 2.90. The van der Waals surface area contributed by atoms with Gasteiger partial charge in [0.25, 0.3) is 0 Å². The number of aromatic nitrogens is 3. The van der Waals surface area contributed by atoms with Crippen molar-refractivity contribution < 1.29 is 49.4 Å². The average molecular weight is 1020 g/mol. The van der Waals surface area contributed by atoms with Crippen LogP contribution in [0.15, 0.2) is 11.3 Å². The van der Waals surface area contributed by atoms with E-state index in [1.807, 2.05) is 10.9 Å². The van der Waals surface area contributed by atoms with E-state index in [9.17, 15) is 0 Å². The predicted molar refractivity (Wildman–Crippen MR) is 253 cm³/mol. The maximum atomic E-state index is 8.66. The molecule has 1 aromatic rings. The molecule has 360 valence electrons. The van der Waals surface area contributed by atoms with Crippen LogP contribution in [0.2, 0.25) is 41.3 Å². The topological polar surface area (TPSA) is 190 Å². The third kappa shape index (κ3) is 8.84. The van der Waals surface area contributed by atoms with E-state index in [1.54, 1.807) is 0 Å². The second-order valence-corrected chi connectivity index (χ2v) is 55.0. The monoisotopic (exact) mass is 1020 g/mol. The maximum Gasteiger partial charge on any atom is 0.484 e. The molecule has 0 aliphatic carbocycles. The molecule has 0 atom stereocenters. The van der Waals surface area contributed by atoms with E-state index in [-0.39, 0.29) is 0 Å². The van der Waals surface area contributed by atoms with Gasteiger partial charge in [0, 0.05) is 65.5 Å². The number of azide groups is 1. The number of aryl methyl sites for hydroxylation is 2. The summed E-state index contributed by atoms with van der Waals surface area (Å²) in [6, 6.07) is 0.294. The van der Waals surface area contributed by atoms with Crippen LogP contribution in [0.3, 0.4) is 0 Å². The lowest BCUT2D eigenvalue weighted by molar-refractivity contribution is -0.0617. The summed E-state index contributed by atoms with van der Waals surface area (Å²) < 4.78 is 97.7. The zero-order chi connectivity index (χ0) is 47.6. The Balaban J connectivity index is 1.69. The van der Waals surface area contributed by atoms with Crippen LogP contribution in [-0.2, 0) is 62.3 Å². The van der Waals surface area contributed by atoms with Gasteiger partial charge in [-0.15, -0.1) is 5.10 Å². The number of rotatable bonds is 9. The molecule has 7 rings (SSSR count). The molecular formula is C37H78N6O12Si8. The molecule has 0 radical (unpaired) electrons. The molecule has 0 aromatic carbocycles. The fraction of sp³-hybridized carbons (Fsp3) is 0.946. The first-order chi connectivity index (χ1) is 28.2. The van der Waals surface area contributed by atoms with Crippen LogP contribution in [0, 0.1) is 0 Å². The van der Waals surface area contributed by atoms with Gasteiger partial charge in [0.1, 0.15) is 0 Å². The van der Waals surface area contributed by atoms with Crippen molar-refractivity contribution in [1.29, 1.82) is 0 Å². The third-order valence-corrected chi connectivity index (χ3v) is 52.3. The number of hydrogen-bond donors (Lipinski definition) is 0. The predicted octanol–water partition coefficient (Wildman–Crippen LogP) is 10.7. The van der Waals surface area contributed by atoms with Crippen molar-refractivity contribution in [2.24, 2.45) is 5.11 Å². The van der Waals surface area contributed by atoms with Gasteiger partial charge in [-0.1, -0.05) is 156 Å². The van der Waals surface area contributed by atoms with Gasteiger partial charge in [-0.3, -0.25) is 4.68 Å². The summed E-state index contributed by atoms with van der Waals surface area (Å²) in [5.41, 5.74) is 9.52. The van der Waals surface area contributed by atoms with Crippen LogP contribution in [0.25, 0.3) is 10.4 Å². The summed E-state index contributed by atoms with van der Waals surface area (Å²) in [5, 5.41) is 6.92. The van der Waals surface area contributed by atoms with E-state index in [1.165, 1.54) is 0 Å². The summed E-state index contributed by atoms with van der Waals surface area (Å²) in [6.45, 7) is 44.6. The first-order valence-corrected chi connectivity index (χ1v) is 36.6. The van der Waals surface area contributed by atoms with Crippen molar-refractivity contribution in [3.05, 3.63) is 22.3 Å². The molecule has 6 saturated heterocycles. The lowest BCUT2D eigenvalue weighted by atomic mass is 10.2. The Morgan fingerprint density at radius 2 is 0.778 bits per heavy atom. The molecule has 6 fully saturated rings. The first-order valence-electron chi connectivity index (χ1n) is 22.6. The lowest BCUT2D eigenvalue weighted by Gasteiger charge is -2.70. The van der Waals surface area contributed by atoms with E-state index in [4.69, 9.17) is 54.9 Å². The summed E-state index contributed by atoms with van der Waals surface area (Å²) in [6.07, 6.45) is 4.79. The number of hydrogen-bond acceptors (Lipinski definition) is 15. The Morgan fingerprint density at radius 3 is 1.06 bits per heavy atom. The van der Waals surface area contributed by atoms with E-state index in [0.29, 0.717) is 25.6 Å². The third-order valence-electron chi connectivity index (χ3n) is 12.2. The average Bonchev–Trinajstić information content (AvgIpc) is 3.46. The molecule has 6 aliphatic rings. The Morgan fingerprint density at radius 1 is 0.476 bits per heavy atom. The van der Waals surface area contributed by atoms with E-state index in [0.717, 1.165) is 25.0 Å². The summed E-state index contributed by atoms with van der Waals surface area (Å²) in [5.74, 6) is 0. The van der Waals surface area contributed by atoms with Gasteiger partial charge in [0.15, 0.2) is 0 Å². The van der Waals surface area contributed by atoms with Crippen molar-refractivity contribution in [2.75, 3.05) is 6.54 Å². The molecule has 0 N–H and O–H groups in total. The highest BCUT2D eigenvalue weighted by atomic mass is 28.6. The van der Waals surface area contributed by atoms with Crippen LogP contribution >= 0.6 is 0 Å². The molecular weight excluding hydrogens is 945 g/mol. The van der Waals surface area contributed by atoms with Crippen molar-refractivity contribution in [3.63, 3.8) is 0 Å². The molecule has 8 bridgehead atoms. The minimum atomic E-state index is -4.29. The highest BCUT2D eigenvalue weighted by Crippen LogP contribution is 2.67. The maximum absolute atomic E-state index is 8.66. The van der Waals surface area contributed by atoms with E-state index < -0.39 is 106 Å². The molecule has 63 heavy (non-hydrogen) atoms. The lowest BCUT2D eigenvalue weighted by Crippen LogP contribution is -2.93. The smallest absolute Gasteiger partial charge is 0.373 e. The van der Waals surface area contributed by atoms with Gasteiger partial charge in [0.2, 0.25) is 0 Å². The summed E-state index contributed by atoms with van der Waals surface area (Å²) in [7, 11) is -34.2. The van der Waals surface area contributed by atoms with Gasteiger partial charge in [-0.05, 0) is 31.2 Å². The Bertz CT molecular complexity index is 1760. The minimum absolute atomic E-state index is 0.294. The van der Waals surface area contributed by atoms with Crippen LogP contribution in [0.4, 0.5) is 0 Å². The molecule has 0 unspecified atom stereocenters. The van der Waals surface area contributed by atoms with E-state index >= 15 is 0 Å². The standard InChI is InChI=1S/C37H78N6O12Si8/c1-31(2,3)57-44-56(28-24-27-43-29-30(40-42-43)25-22-23-26-39-41-38)45-58(32(4,5)6)49-60(47-57,34(10,11)12)53-63(37(19,20)21)54-61(48-57,35(13,14)15)50-59(46-56,33(7,8)9)52-62(51-58,55-63)36(16,17)18/h29H,22-28H2,1-21H3. The zero-order valence-corrected chi connectivity index (χ0v) is 50.1. The largest absolute Gasteiger partial charge is 0.484 e. The van der Waals surface area contributed by atoms with Crippen molar-refractivity contribution in [2.45, 2.75) is 219 Å². The van der Waals surface area contributed by atoms with Gasteiger partial charge in [-0.2, -0.15) is 0 Å². The number of nitrogens with zero attached hydrogens (tertiary/aromatic N) is 6. The Hall–Kier alpha value is -0.295. The molecule has 0 spiro atoms. The Kier molecular flexibility index (Phi) is 13.1. The summed E-state index contributed by atoms with van der Waals surface area (Å²) >= 11 is 0. The van der Waals surface area contributed by atoms with Crippen molar-refractivity contribution in [3.8, 4) is 0 Å². The minimum Gasteiger partial charge on any atom is -0.373 e. The Labute approximate surface area is 385 Å². The van der Waals surface area contributed by atoms with E-state index in [2.05, 4.69) is 166 Å². The second kappa shape index (κ2) is 15.9. The normalized spacial score (nSPS) is 37.8. The van der Waals surface area contributed by atoms with Gasteiger partial charge in [0.05, 0.1) is 5.69 Å². The second-order valence-electron chi connectivity index (χ2n) is 25.0. The molecule has 0 amide bonds. The van der Waals surface area contributed by atoms with Gasteiger partial charge in [-0.25, -0.2) is 0 Å². The quantitative estimate of drug-likeness (QED) is 0.0746. The van der Waals surface area contributed by atoms with Crippen LogP contribution in [0.1, 0.15) is 170 Å².